The van der Waals surface area contributed by atoms with Gasteiger partial charge in [-0.3, -0.25) is 4.79 Å². The maximum Gasteiger partial charge on any atom is 0.227 e. The van der Waals surface area contributed by atoms with Crippen LogP contribution in [0.2, 0.25) is 5.02 Å². The molecule has 0 aliphatic carbocycles. The van der Waals surface area contributed by atoms with E-state index in [1.165, 1.54) is 5.56 Å². The molecule has 1 aromatic heterocycles. The third-order valence-electron chi connectivity index (χ3n) is 5.19. The zero-order valence-electron chi connectivity index (χ0n) is 16.4. The predicted molar refractivity (Wildman–Crippen MR) is 116 cm³/mol. The average molecular weight is 407 g/mol. The number of carbonyl (C=O) groups is 1. The second kappa shape index (κ2) is 8.62. The quantitative estimate of drug-likeness (QED) is 0.657. The van der Waals surface area contributed by atoms with Gasteiger partial charge in [-0.2, -0.15) is 0 Å². The van der Waals surface area contributed by atoms with Crippen molar-refractivity contribution in [3.05, 3.63) is 76.8 Å². The Morgan fingerprint density at radius 1 is 0.966 bits per heavy atom. The molecular formula is C23H23ClN4O. The summed E-state index contributed by atoms with van der Waals surface area (Å²) >= 11 is 6.24. The van der Waals surface area contributed by atoms with Crippen molar-refractivity contribution < 1.29 is 4.79 Å². The van der Waals surface area contributed by atoms with Gasteiger partial charge in [-0.1, -0.05) is 59.6 Å². The molecule has 148 valence electrons. The summed E-state index contributed by atoms with van der Waals surface area (Å²) in [4.78, 5) is 16.7. The normalized spacial score (nSPS) is 14.1. The number of piperazine rings is 1. The Hall–Kier alpha value is -2.92. The van der Waals surface area contributed by atoms with Gasteiger partial charge in [-0.15, -0.1) is 10.2 Å². The topological polar surface area (TPSA) is 49.3 Å². The standard InChI is InChI=1S/C23H23ClN4O/c1-17-5-4-6-18(15-17)16-23(29)28-13-11-27(12-14-28)22-10-9-21(25-26-22)19-7-2-3-8-20(19)24/h2-10,15H,11-14,16H2,1H3. The van der Waals surface area contributed by atoms with Crippen LogP contribution in [0, 0.1) is 6.92 Å². The number of amides is 1. The van der Waals surface area contributed by atoms with Gasteiger partial charge in [0.2, 0.25) is 5.91 Å². The zero-order chi connectivity index (χ0) is 20.2. The molecule has 1 amide bonds. The highest BCUT2D eigenvalue weighted by Gasteiger charge is 2.22. The Labute approximate surface area is 175 Å². The summed E-state index contributed by atoms with van der Waals surface area (Å²) in [6, 6.07) is 19.7. The summed E-state index contributed by atoms with van der Waals surface area (Å²) in [7, 11) is 0. The van der Waals surface area contributed by atoms with Gasteiger partial charge in [0.15, 0.2) is 5.82 Å². The lowest BCUT2D eigenvalue weighted by atomic mass is 10.1. The van der Waals surface area contributed by atoms with E-state index in [2.05, 4.69) is 21.2 Å². The van der Waals surface area contributed by atoms with E-state index in [-0.39, 0.29) is 5.91 Å². The van der Waals surface area contributed by atoms with Crippen molar-refractivity contribution in [2.75, 3.05) is 31.1 Å². The Balaban J connectivity index is 1.36. The first-order valence-electron chi connectivity index (χ1n) is 9.77. The van der Waals surface area contributed by atoms with Crippen molar-refractivity contribution in [3.8, 4) is 11.3 Å². The number of anilines is 1. The van der Waals surface area contributed by atoms with E-state index in [4.69, 9.17) is 11.6 Å². The number of carbonyl (C=O) groups excluding carboxylic acids is 1. The fraction of sp³-hybridized carbons (Fsp3) is 0.261. The first-order chi connectivity index (χ1) is 14.1. The minimum absolute atomic E-state index is 0.176. The zero-order valence-corrected chi connectivity index (χ0v) is 17.1. The lowest BCUT2D eigenvalue weighted by Gasteiger charge is -2.35. The van der Waals surface area contributed by atoms with Crippen LogP contribution in [0.5, 0.6) is 0 Å². The van der Waals surface area contributed by atoms with Crippen LogP contribution in [-0.2, 0) is 11.2 Å². The largest absolute Gasteiger partial charge is 0.352 e. The molecule has 0 N–H and O–H groups in total. The number of hydrogen-bond donors (Lipinski definition) is 0. The molecule has 2 aromatic carbocycles. The molecule has 0 radical (unpaired) electrons. The summed E-state index contributed by atoms with van der Waals surface area (Å²) in [5, 5.41) is 9.39. The van der Waals surface area contributed by atoms with Crippen LogP contribution < -0.4 is 4.90 Å². The average Bonchev–Trinajstić information content (AvgIpc) is 2.74. The van der Waals surface area contributed by atoms with Crippen LogP contribution in [0.1, 0.15) is 11.1 Å². The first kappa shape index (κ1) is 19.4. The lowest BCUT2D eigenvalue weighted by Crippen LogP contribution is -2.49. The predicted octanol–water partition coefficient (Wildman–Crippen LogP) is 4.00. The molecule has 0 spiro atoms. The molecule has 1 aliphatic heterocycles. The Morgan fingerprint density at radius 2 is 1.76 bits per heavy atom. The van der Waals surface area contributed by atoms with Crippen molar-refractivity contribution in [3.63, 3.8) is 0 Å². The molecule has 0 unspecified atom stereocenters. The molecular weight excluding hydrogens is 384 g/mol. The molecule has 1 fully saturated rings. The third-order valence-corrected chi connectivity index (χ3v) is 5.52. The number of benzene rings is 2. The van der Waals surface area contributed by atoms with Crippen LogP contribution >= 0.6 is 11.6 Å². The van der Waals surface area contributed by atoms with Crippen LogP contribution in [0.3, 0.4) is 0 Å². The highest BCUT2D eigenvalue weighted by Crippen LogP contribution is 2.26. The molecule has 4 rings (SSSR count). The van der Waals surface area contributed by atoms with E-state index < -0.39 is 0 Å². The number of aryl methyl sites for hydroxylation is 1. The molecule has 2 heterocycles. The number of hydrogen-bond acceptors (Lipinski definition) is 4. The Morgan fingerprint density at radius 3 is 2.45 bits per heavy atom. The number of nitrogens with zero attached hydrogens (tertiary/aromatic N) is 4. The number of rotatable bonds is 4. The first-order valence-corrected chi connectivity index (χ1v) is 10.1. The monoisotopic (exact) mass is 406 g/mol. The van der Waals surface area contributed by atoms with E-state index >= 15 is 0 Å². The van der Waals surface area contributed by atoms with E-state index in [1.807, 2.05) is 66.4 Å². The van der Waals surface area contributed by atoms with Gasteiger partial charge in [0.05, 0.1) is 17.1 Å². The third kappa shape index (κ3) is 4.57. The molecule has 3 aromatic rings. The fourth-order valence-electron chi connectivity index (χ4n) is 3.60. The smallest absolute Gasteiger partial charge is 0.227 e. The highest BCUT2D eigenvalue weighted by molar-refractivity contribution is 6.33. The molecule has 1 saturated heterocycles. The van der Waals surface area contributed by atoms with E-state index in [1.54, 1.807) is 0 Å². The highest BCUT2D eigenvalue weighted by atomic mass is 35.5. The van der Waals surface area contributed by atoms with Gasteiger partial charge in [0, 0.05) is 31.7 Å². The van der Waals surface area contributed by atoms with Crippen LogP contribution in [0.15, 0.2) is 60.7 Å². The molecule has 0 bridgehead atoms. The van der Waals surface area contributed by atoms with Gasteiger partial charge in [-0.05, 0) is 30.7 Å². The molecule has 1 aliphatic rings. The number of halogens is 1. The summed E-state index contributed by atoms with van der Waals surface area (Å²) in [5.41, 5.74) is 3.88. The van der Waals surface area contributed by atoms with Crippen LogP contribution in [0.4, 0.5) is 5.82 Å². The van der Waals surface area contributed by atoms with Crippen molar-refractivity contribution in [2.24, 2.45) is 0 Å². The van der Waals surface area contributed by atoms with Crippen molar-refractivity contribution in [1.29, 1.82) is 0 Å². The molecule has 29 heavy (non-hydrogen) atoms. The SMILES string of the molecule is Cc1cccc(CC(=O)N2CCN(c3ccc(-c4ccccc4Cl)nn3)CC2)c1. The fourth-order valence-corrected chi connectivity index (χ4v) is 3.83. The molecule has 6 heteroatoms. The van der Waals surface area contributed by atoms with Crippen molar-refractivity contribution in [1.82, 2.24) is 15.1 Å². The molecule has 0 atom stereocenters. The van der Waals surface area contributed by atoms with Crippen LogP contribution in [-0.4, -0.2) is 47.2 Å². The number of aromatic nitrogens is 2. The van der Waals surface area contributed by atoms with Crippen molar-refractivity contribution >= 4 is 23.3 Å². The summed E-state index contributed by atoms with van der Waals surface area (Å²) < 4.78 is 0. The maximum absolute atomic E-state index is 12.6. The Kier molecular flexibility index (Phi) is 5.76. The minimum Gasteiger partial charge on any atom is -0.352 e. The minimum atomic E-state index is 0.176. The molecule has 5 nitrogen and oxygen atoms in total. The Bertz CT molecular complexity index is 998. The van der Waals surface area contributed by atoms with Gasteiger partial charge in [0.25, 0.3) is 0 Å². The summed E-state index contributed by atoms with van der Waals surface area (Å²) in [6.45, 7) is 4.93. The van der Waals surface area contributed by atoms with E-state index in [9.17, 15) is 4.79 Å². The summed E-state index contributed by atoms with van der Waals surface area (Å²) in [6.07, 6.45) is 0.452. The maximum atomic E-state index is 12.6. The van der Waals surface area contributed by atoms with Gasteiger partial charge in [-0.25, -0.2) is 0 Å². The van der Waals surface area contributed by atoms with Gasteiger partial charge < -0.3 is 9.80 Å². The van der Waals surface area contributed by atoms with E-state index in [0.717, 1.165) is 35.7 Å². The molecule has 0 saturated carbocycles. The second-order valence-corrected chi connectivity index (χ2v) is 7.70. The second-order valence-electron chi connectivity index (χ2n) is 7.29. The lowest BCUT2D eigenvalue weighted by molar-refractivity contribution is -0.130. The summed E-state index contributed by atoms with van der Waals surface area (Å²) in [5.74, 6) is 1.00. The van der Waals surface area contributed by atoms with Crippen molar-refractivity contribution in [2.45, 2.75) is 13.3 Å². The van der Waals surface area contributed by atoms with Gasteiger partial charge in [0.1, 0.15) is 0 Å². The van der Waals surface area contributed by atoms with Crippen LogP contribution in [0.25, 0.3) is 11.3 Å². The van der Waals surface area contributed by atoms with E-state index in [0.29, 0.717) is 24.5 Å². The van der Waals surface area contributed by atoms with Gasteiger partial charge >= 0.3 is 0 Å².